The van der Waals surface area contributed by atoms with E-state index in [2.05, 4.69) is 0 Å². The van der Waals surface area contributed by atoms with Gasteiger partial charge >= 0.3 is 5.97 Å². The highest BCUT2D eigenvalue weighted by Crippen LogP contribution is 2.32. The van der Waals surface area contributed by atoms with E-state index in [0.717, 1.165) is 6.42 Å². The quantitative estimate of drug-likeness (QED) is 0.850. The molecule has 19 heavy (non-hydrogen) atoms. The molecule has 2 fully saturated rings. The Labute approximate surface area is 115 Å². The summed E-state index contributed by atoms with van der Waals surface area (Å²) in [4.78, 5) is 25.2. The van der Waals surface area contributed by atoms with E-state index in [9.17, 15) is 9.59 Å². The van der Waals surface area contributed by atoms with Crippen LogP contribution >= 0.6 is 0 Å². The van der Waals surface area contributed by atoms with Crippen LogP contribution in [0.5, 0.6) is 0 Å². The van der Waals surface area contributed by atoms with Gasteiger partial charge in [0.2, 0.25) is 5.91 Å². The molecule has 4 nitrogen and oxygen atoms in total. The van der Waals surface area contributed by atoms with Crippen LogP contribution in [-0.2, 0) is 9.59 Å². The van der Waals surface area contributed by atoms with Gasteiger partial charge in [-0.2, -0.15) is 0 Å². The molecule has 0 bridgehead atoms. The largest absolute Gasteiger partial charge is 0.481 e. The first-order valence-electron chi connectivity index (χ1n) is 7.50. The number of aliphatic carboxylic acids is 1. The Morgan fingerprint density at radius 3 is 2.42 bits per heavy atom. The average molecular weight is 267 g/mol. The fraction of sp³-hybridized carbons (Fsp3) is 0.867. The van der Waals surface area contributed by atoms with Crippen molar-refractivity contribution in [2.75, 3.05) is 13.1 Å². The normalized spacial score (nSPS) is 29.7. The summed E-state index contributed by atoms with van der Waals surface area (Å²) in [5.41, 5.74) is 0. The number of hydrogen-bond donors (Lipinski definition) is 1. The Morgan fingerprint density at radius 2 is 1.89 bits per heavy atom. The summed E-state index contributed by atoms with van der Waals surface area (Å²) < 4.78 is 0. The molecule has 1 saturated carbocycles. The molecular formula is C15H25NO3. The van der Waals surface area contributed by atoms with E-state index in [1.54, 1.807) is 4.90 Å². The zero-order valence-electron chi connectivity index (χ0n) is 12.0. The minimum Gasteiger partial charge on any atom is -0.481 e. The molecule has 1 aliphatic heterocycles. The van der Waals surface area contributed by atoms with Crippen LogP contribution in [0.25, 0.3) is 0 Å². The molecule has 4 heteroatoms. The summed E-state index contributed by atoms with van der Waals surface area (Å²) in [6.07, 6.45) is 6.08. The van der Waals surface area contributed by atoms with Crippen molar-refractivity contribution >= 4 is 11.9 Å². The highest BCUT2D eigenvalue weighted by Gasteiger charge is 2.38. The van der Waals surface area contributed by atoms with Crippen molar-refractivity contribution in [1.29, 1.82) is 0 Å². The summed E-state index contributed by atoms with van der Waals surface area (Å²) in [6.45, 7) is 4.92. The molecule has 1 unspecified atom stereocenters. The molecule has 0 aromatic rings. The third kappa shape index (κ3) is 3.28. The fourth-order valence-corrected chi connectivity index (χ4v) is 3.63. The third-order valence-corrected chi connectivity index (χ3v) is 4.82. The molecule has 1 aliphatic carbocycles. The molecule has 0 aromatic heterocycles. The molecule has 1 saturated heterocycles. The van der Waals surface area contributed by atoms with Gasteiger partial charge in [-0.1, -0.05) is 39.5 Å². The van der Waals surface area contributed by atoms with E-state index in [-0.39, 0.29) is 23.7 Å². The number of carbonyl (C=O) groups is 2. The first-order valence-corrected chi connectivity index (χ1v) is 7.50. The van der Waals surface area contributed by atoms with Crippen molar-refractivity contribution in [2.45, 2.75) is 46.0 Å². The van der Waals surface area contributed by atoms with Crippen LogP contribution < -0.4 is 0 Å². The number of nitrogens with zero attached hydrogens (tertiary/aromatic N) is 1. The molecule has 3 atom stereocenters. The SMILES string of the molecule is CC(CC1CCCC1)C(=O)N1C[C@@H](C)[C@H](C(=O)O)C1. The third-order valence-electron chi connectivity index (χ3n) is 4.82. The molecule has 0 radical (unpaired) electrons. The lowest BCUT2D eigenvalue weighted by Gasteiger charge is -2.22. The molecule has 0 aromatic carbocycles. The molecule has 1 heterocycles. The predicted molar refractivity (Wildman–Crippen MR) is 72.6 cm³/mol. The van der Waals surface area contributed by atoms with Gasteiger partial charge < -0.3 is 10.0 Å². The topological polar surface area (TPSA) is 57.6 Å². The van der Waals surface area contributed by atoms with Crippen molar-refractivity contribution < 1.29 is 14.7 Å². The van der Waals surface area contributed by atoms with Gasteiger partial charge in [0.25, 0.3) is 0 Å². The maximum absolute atomic E-state index is 12.4. The number of carboxylic acids is 1. The summed E-state index contributed by atoms with van der Waals surface area (Å²) in [7, 11) is 0. The van der Waals surface area contributed by atoms with Crippen LogP contribution in [0.3, 0.4) is 0 Å². The van der Waals surface area contributed by atoms with Crippen molar-refractivity contribution in [3.05, 3.63) is 0 Å². The lowest BCUT2D eigenvalue weighted by Crippen LogP contribution is -2.34. The maximum Gasteiger partial charge on any atom is 0.308 e. The lowest BCUT2D eigenvalue weighted by molar-refractivity contribution is -0.142. The second-order valence-corrected chi connectivity index (χ2v) is 6.45. The first-order chi connectivity index (χ1) is 8.99. The van der Waals surface area contributed by atoms with E-state index in [1.165, 1.54) is 25.7 Å². The molecule has 2 aliphatic rings. The van der Waals surface area contributed by atoms with Crippen LogP contribution in [0.15, 0.2) is 0 Å². The van der Waals surface area contributed by atoms with Crippen LogP contribution in [0, 0.1) is 23.7 Å². The minimum absolute atomic E-state index is 0.0443. The highest BCUT2D eigenvalue weighted by molar-refractivity contribution is 5.80. The molecule has 108 valence electrons. The van der Waals surface area contributed by atoms with Gasteiger partial charge in [-0.25, -0.2) is 0 Å². The number of carboxylic acid groups (broad SMARTS) is 1. The zero-order chi connectivity index (χ0) is 14.0. The predicted octanol–water partition coefficient (Wildman–Crippen LogP) is 2.38. The Hall–Kier alpha value is -1.06. The fourth-order valence-electron chi connectivity index (χ4n) is 3.63. The van der Waals surface area contributed by atoms with Gasteiger partial charge in [0.15, 0.2) is 0 Å². The number of carbonyl (C=O) groups excluding carboxylic acids is 1. The Bertz CT molecular complexity index is 349. The van der Waals surface area contributed by atoms with Crippen LogP contribution in [0.1, 0.15) is 46.0 Å². The van der Waals surface area contributed by atoms with E-state index >= 15 is 0 Å². The van der Waals surface area contributed by atoms with Crippen molar-refractivity contribution in [1.82, 2.24) is 4.90 Å². The van der Waals surface area contributed by atoms with Crippen molar-refractivity contribution in [2.24, 2.45) is 23.7 Å². The van der Waals surface area contributed by atoms with E-state index < -0.39 is 5.97 Å². The maximum atomic E-state index is 12.4. The lowest BCUT2D eigenvalue weighted by atomic mass is 9.93. The number of amides is 1. The van der Waals surface area contributed by atoms with Gasteiger partial charge in [0.05, 0.1) is 5.92 Å². The zero-order valence-corrected chi connectivity index (χ0v) is 12.0. The van der Waals surface area contributed by atoms with Gasteiger partial charge in [0, 0.05) is 19.0 Å². The summed E-state index contributed by atoms with van der Waals surface area (Å²) >= 11 is 0. The molecular weight excluding hydrogens is 242 g/mol. The average Bonchev–Trinajstić information content (AvgIpc) is 2.97. The summed E-state index contributed by atoms with van der Waals surface area (Å²) in [6, 6.07) is 0. The molecule has 2 rings (SSSR count). The Morgan fingerprint density at radius 1 is 1.26 bits per heavy atom. The van der Waals surface area contributed by atoms with Gasteiger partial charge in [-0.15, -0.1) is 0 Å². The standard InChI is InChI=1S/C15H25NO3/c1-10(7-12-5-3-4-6-12)14(17)16-8-11(2)13(9-16)15(18)19/h10-13H,3-9H2,1-2H3,(H,18,19)/t10?,11-,13-/m1/s1. The molecule has 1 N–H and O–H groups in total. The smallest absolute Gasteiger partial charge is 0.308 e. The van der Waals surface area contributed by atoms with Gasteiger partial charge in [-0.05, 0) is 18.3 Å². The number of likely N-dealkylation sites (tertiary alicyclic amines) is 1. The van der Waals surface area contributed by atoms with Crippen molar-refractivity contribution in [3.8, 4) is 0 Å². The second-order valence-electron chi connectivity index (χ2n) is 6.45. The van der Waals surface area contributed by atoms with Crippen LogP contribution in [0.2, 0.25) is 0 Å². The monoisotopic (exact) mass is 267 g/mol. The molecule has 1 amide bonds. The molecule has 0 spiro atoms. The van der Waals surface area contributed by atoms with Crippen LogP contribution in [-0.4, -0.2) is 35.0 Å². The second kappa shape index (κ2) is 5.93. The van der Waals surface area contributed by atoms with Crippen LogP contribution in [0.4, 0.5) is 0 Å². The Balaban J connectivity index is 1.87. The van der Waals surface area contributed by atoms with Crippen molar-refractivity contribution in [3.63, 3.8) is 0 Å². The Kier molecular flexibility index (Phi) is 4.48. The van der Waals surface area contributed by atoms with E-state index in [1.807, 2.05) is 13.8 Å². The first kappa shape index (κ1) is 14.4. The van der Waals surface area contributed by atoms with Gasteiger partial charge in [0.1, 0.15) is 0 Å². The van der Waals surface area contributed by atoms with Gasteiger partial charge in [-0.3, -0.25) is 9.59 Å². The van der Waals surface area contributed by atoms with E-state index in [0.29, 0.717) is 19.0 Å². The number of hydrogen-bond acceptors (Lipinski definition) is 2. The minimum atomic E-state index is -0.772. The highest BCUT2D eigenvalue weighted by atomic mass is 16.4. The summed E-state index contributed by atoms with van der Waals surface area (Å²) in [5.74, 6) is -0.186. The number of rotatable bonds is 4. The summed E-state index contributed by atoms with van der Waals surface area (Å²) in [5, 5.41) is 9.11. The van der Waals surface area contributed by atoms with E-state index in [4.69, 9.17) is 5.11 Å².